The summed E-state index contributed by atoms with van der Waals surface area (Å²) in [6.07, 6.45) is 0. The number of hydrogen-bond donors (Lipinski definition) is 1. The molecule has 0 aliphatic rings. The van der Waals surface area contributed by atoms with Crippen LogP contribution in [-0.4, -0.2) is 6.61 Å². The van der Waals surface area contributed by atoms with E-state index in [-0.39, 0.29) is 0 Å². The minimum Gasteiger partial charge on any atom is -0.494 e. The van der Waals surface area contributed by atoms with Gasteiger partial charge < -0.3 is 14.8 Å². The quantitative estimate of drug-likeness (QED) is 0.331. The van der Waals surface area contributed by atoms with Crippen LogP contribution in [0.2, 0.25) is 5.02 Å². The van der Waals surface area contributed by atoms with Gasteiger partial charge in [0.15, 0.2) is 0 Å². The lowest BCUT2D eigenvalue weighted by atomic mass is 10.2. The van der Waals surface area contributed by atoms with Crippen molar-refractivity contribution >= 4 is 49.1 Å². The van der Waals surface area contributed by atoms with Crippen molar-refractivity contribution in [3.63, 3.8) is 0 Å². The fraction of sp³-hybridized carbons (Fsp3) is 0.182. The highest BCUT2D eigenvalue weighted by Crippen LogP contribution is 2.34. The van der Waals surface area contributed by atoms with Crippen molar-refractivity contribution in [3.05, 3.63) is 85.8 Å². The Hall–Kier alpha value is -1.69. The lowest BCUT2D eigenvalue weighted by Crippen LogP contribution is -2.05. The van der Waals surface area contributed by atoms with E-state index in [0.29, 0.717) is 24.8 Å². The van der Waals surface area contributed by atoms with Gasteiger partial charge >= 0.3 is 0 Å². The molecule has 3 nitrogen and oxygen atoms in total. The molecule has 0 radical (unpaired) electrons. The Labute approximate surface area is 187 Å². The molecular weight excluding hydrogens is 506 g/mol. The van der Waals surface area contributed by atoms with E-state index >= 15 is 0 Å². The molecule has 0 unspecified atom stereocenters. The molecule has 28 heavy (non-hydrogen) atoms. The zero-order chi connectivity index (χ0) is 19.9. The number of ether oxygens (including phenoxy) is 2. The second kappa shape index (κ2) is 10.2. The minimum absolute atomic E-state index is 0.466. The van der Waals surface area contributed by atoms with Gasteiger partial charge in [0.1, 0.15) is 18.1 Å². The van der Waals surface area contributed by atoms with Gasteiger partial charge in [-0.2, -0.15) is 0 Å². The third kappa shape index (κ3) is 5.90. The number of halogens is 3. The number of rotatable bonds is 8. The largest absolute Gasteiger partial charge is 0.494 e. The van der Waals surface area contributed by atoms with E-state index < -0.39 is 0 Å². The van der Waals surface area contributed by atoms with Crippen molar-refractivity contribution in [3.8, 4) is 11.5 Å². The number of benzene rings is 3. The molecule has 0 aromatic heterocycles. The molecule has 3 rings (SSSR count). The average Bonchev–Trinajstić information content (AvgIpc) is 2.68. The molecule has 0 heterocycles. The van der Waals surface area contributed by atoms with Crippen molar-refractivity contribution in [2.75, 3.05) is 11.9 Å². The standard InChI is InChI=1S/C22H20Br2ClNO2/c1-2-27-20-9-7-19(8-10-20)26-13-16-11-17(23)12-21(24)22(16)28-14-15-3-5-18(25)6-4-15/h3-12,26H,2,13-14H2,1H3. The molecule has 3 aromatic carbocycles. The second-order valence-corrected chi connectivity index (χ2v) is 8.31. The summed E-state index contributed by atoms with van der Waals surface area (Å²) < 4.78 is 13.5. The molecular formula is C22H20Br2ClNO2. The topological polar surface area (TPSA) is 30.5 Å². The van der Waals surface area contributed by atoms with Crippen LogP contribution in [0.5, 0.6) is 11.5 Å². The highest BCUT2D eigenvalue weighted by atomic mass is 79.9. The van der Waals surface area contributed by atoms with Gasteiger partial charge in [0.2, 0.25) is 0 Å². The second-order valence-electron chi connectivity index (χ2n) is 6.10. The Morgan fingerprint density at radius 2 is 1.64 bits per heavy atom. The summed E-state index contributed by atoms with van der Waals surface area (Å²) >= 11 is 13.1. The summed E-state index contributed by atoms with van der Waals surface area (Å²) in [6.45, 7) is 3.73. The molecule has 1 N–H and O–H groups in total. The van der Waals surface area contributed by atoms with Gasteiger partial charge in [0.05, 0.1) is 11.1 Å². The lowest BCUT2D eigenvalue weighted by Gasteiger charge is -2.16. The summed E-state index contributed by atoms with van der Waals surface area (Å²) in [5.41, 5.74) is 3.12. The Kier molecular flexibility index (Phi) is 7.65. The zero-order valence-electron chi connectivity index (χ0n) is 15.3. The molecule has 6 heteroatoms. The van der Waals surface area contributed by atoms with E-state index in [9.17, 15) is 0 Å². The Bertz CT molecular complexity index is 915. The van der Waals surface area contributed by atoms with Crippen LogP contribution in [0.3, 0.4) is 0 Å². The average molecular weight is 526 g/mol. The maximum Gasteiger partial charge on any atom is 0.139 e. The van der Waals surface area contributed by atoms with Crippen molar-refractivity contribution < 1.29 is 9.47 Å². The maximum atomic E-state index is 6.12. The van der Waals surface area contributed by atoms with Gasteiger partial charge in [-0.1, -0.05) is 39.7 Å². The molecule has 0 atom stereocenters. The zero-order valence-corrected chi connectivity index (χ0v) is 19.3. The SMILES string of the molecule is CCOc1ccc(NCc2cc(Br)cc(Br)c2OCc2ccc(Cl)cc2)cc1. The summed E-state index contributed by atoms with van der Waals surface area (Å²) in [5, 5.41) is 4.15. The first kappa shape index (κ1) is 21.0. The van der Waals surface area contributed by atoms with Crippen molar-refractivity contribution in [2.45, 2.75) is 20.1 Å². The van der Waals surface area contributed by atoms with Crippen molar-refractivity contribution in [1.29, 1.82) is 0 Å². The van der Waals surface area contributed by atoms with Gasteiger partial charge in [0.25, 0.3) is 0 Å². The monoisotopic (exact) mass is 523 g/mol. The predicted molar refractivity (Wildman–Crippen MR) is 123 cm³/mol. The third-order valence-electron chi connectivity index (χ3n) is 4.03. The summed E-state index contributed by atoms with van der Waals surface area (Å²) in [7, 11) is 0. The minimum atomic E-state index is 0.466. The van der Waals surface area contributed by atoms with Crippen LogP contribution in [0.4, 0.5) is 5.69 Å². The van der Waals surface area contributed by atoms with E-state index in [1.807, 2.05) is 61.5 Å². The summed E-state index contributed by atoms with van der Waals surface area (Å²) in [6, 6.07) is 19.6. The molecule has 0 fully saturated rings. The highest BCUT2D eigenvalue weighted by molar-refractivity contribution is 9.11. The number of anilines is 1. The van der Waals surface area contributed by atoms with Gasteiger partial charge in [0, 0.05) is 27.3 Å². The molecule has 0 saturated carbocycles. The van der Waals surface area contributed by atoms with E-state index in [0.717, 1.165) is 37.3 Å². The summed E-state index contributed by atoms with van der Waals surface area (Å²) in [5.74, 6) is 1.68. The molecule has 3 aromatic rings. The highest BCUT2D eigenvalue weighted by Gasteiger charge is 2.11. The van der Waals surface area contributed by atoms with Crippen molar-refractivity contribution in [2.24, 2.45) is 0 Å². The first-order valence-corrected chi connectivity index (χ1v) is 10.8. The molecule has 0 saturated heterocycles. The molecule has 0 bridgehead atoms. The van der Waals surface area contributed by atoms with Crippen LogP contribution in [0, 0.1) is 0 Å². The molecule has 0 spiro atoms. The van der Waals surface area contributed by atoms with E-state index in [2.05, 4.69) is 43.2 Å². The first-order valence-electron chi connectivity index (χ1n) is 8.87. The fourth-order valence-electron chi connectivity index (χ4n) is 2.68. The Morgan fingerprint density at radius 1 is 0.929 bits per heavy atom. The Balaban J connectivity index is 1.71. The maximum absolute atomic E-state index is 6.12. The first-order chi connectivity index (χ1) is 13.5. The van der Waals surface area contributed by atoms with Crippen LogP contribution in [0.15, 0.2) is 69.6 Å². The van der Waals surface area contributed by atoms with Crippen LogP contribution in [0.1, 0.15) is 18.1 Å². The third-order valence-corrected chi connectivity index (χ3v) is 5.33. The van der Waals surface area contributed by atoms with Crippen LogP contribution >= 0.6 is 43.5 Å². The van der Waals surface area contributed by atoms with E-state index in [4.69, 9.17) is 21.1 Å². The molecule has 0 aliphatic heterocycles. The van der Waals surface area contributed by atoms with Crippen LogP contribution in [-0.2, 0) is 13.2 Å². The molecule has 146 valence electrons. The number of nitrogens with one attached hydrogen (secondary N) is 1. The normalized spacial score (nSPS) is 10.6. The van der Waals surface area contributed by atoms with Gasteiger partial charge in [-0.15, -0.1) is 0 Å². The smallest absolute Gasteiger partial charge is 0.139 e. The van der Waals surface area contributed by atoms with Gasteiger partial charge in [-0.05, 0) is 76.9 Å². The predicted octanol–water partition coefficient (Wildman–Crippen LogP) is 7.45. The van der Waals surface area contributed by atoms with Gasteiger partial charge in [-0.25, -0.2) is 0 Å². The molecule has 0 amide bonds. The summed E-state index contributed by atoms with van der Waals surface area (Å²) in [4.78, 5) is 0. The van der Waals surface area contributed by atoms with Crippen LogP contribution < -0.4 is 14.8 Å². The number of hydrogen-bond acceptors (Lipinski definition) is 3. The van der Waals surface area contributed by atoms with Gasteiger partial charge in [-0.3, -0.25) is 0 Å². The fourth-order valence-corrected chi connectivity index (χ4v) is 4.23. The lowest BCUT2D eigenvalue weighted by molar-refractivity contribution is 0.301. The van der Waals surface area contributed by atoms with Crippen LogP contribution in [0.25, 0.3) is 0 Å². The van der Waals surface area contributed by atoms with Crippen molar-refractivity contribution in [1.82, 2.24) is 0 Å². The van der Waals surface area contributed by atoms with E-state index in [1.165, 1.54) is 0 Å². The molecule has 0 aliphatic carbocycles. The van der Waals surface area contributed by atoms with E-state index in [1.54, 1.807) is 0 Å². The Morgan fingerprint density at radius 3 is 2.32 bits per heavy atom.